The van der Waals surface area contributed by atoms with Crippen LogP contribution in [0.2, 0.25) is 0 Å². The van der Waals surface area contributed by atoms with Gasteiger partial charge in [0.1, 0.15) is 6.42 Å². The molecule has 0 aromatic carbocycles. The molecule has 1 aromatic heterocycles. The fourth-order valence-corrected chi connectivity index (χ4v) is 0.754. The van der Waals surface area contributed by atoms with E-state index in [0.717, 1.165) is 0 Å². The number of esters is 1. The molecule has 0 saturated heterocycles. The highest BCUT2D eigenvalue weighted by Gasteiger charge is 2.08. The normalized spacial score (nSPS) is 9.83. The van der Waals surface area contributed by atoms with Crippen LogP contribution in [0.4, 0.5) is 0 Å². The quantitative estimate of drug-likeness (QED) is 0.617. The van der Waals surface area contributed by atoms with E-state index >= 15 is 0 Å². The third kappa shape index (κ3) is 2.34. The van der Waals surface area contributed by atoms with Crippen molar-refractivity contribution in [2.24, 2.45) is 0 Å². The summed E-state index contributed by atoms with van der Waals surface area (Å²) in [7, 11) is 0. The summed E-state index contributed by atoms with van der Waals surface area (Å²) < 4.78 is 9.37. The highest BCUT2D eigenvalue weighted by Crippen LogP contribution is 1.96. The zero-order chi connectivity index (χ0) is 8.97. The standard InChI is InChI=1S/C7H10N2O3/c1-3-11-7(10)4-6-8-5(2)12-9-6/h3-4H2,1-2H3. The van der Waals surface area contributed by atoms with Crippen LogP contribution in [0.3, 0.4) is 0 Å². The van der Waals surface area contributed by atoms with E-state index in [2.05, 4.69) is 14.7 Å². The molecule has 1 rings (SSSR count). The first kappa shape index (κ1) is 8.70. The SMILES string of the molecule is CCOC(=O)Cc1noc(C)n1. The van der Waals surface area contributed by atoms with E-state index in [4.69, 9.17) is 4.74 Å². The molecule has 1 aromatic rings. The van der Waals surface area contributed by atoms with Crippen LogP contribution >= 0.6 is 0 Å². The van der Waals surface area contributed by atoms with Gasteiger partial charge in [0.2, 0.25) is 5.89 Å². The molecule has 0 atom stereocenters. The number of carbonyl (C=O) groups is 1. The second-order valence-electron chi connectivity index (χ2n) is 2.21. The van der Waals surface area contributed by atoms with Gasteiger partial charge < -0.3 is 9.26 Å². The summed E-state index contributed by atoms with van der Waals surface area (Å²) in [5, 5.41) is 3.55. The van der Waals surface area contributed by atoms with Crippen molar-refractivity contribution in [3.63, 3.8) is 0 Å². The Hall–Kier alpha value is -1.39. The van der Waals surface area contributed by atoms with Crippen LogP contribution in [0.25, 0.3) is 0 Å². The van der Waals surface area contributed by atoms with Crippen molar-refractivity contribution in [1.82, 2.24) is 10.1 Å². The highest BCUT2D eigenvalue weighted by molar-refractivity contribution is 5.71. The number of carbonyl (C=O) groups excluding carboxylic acids is 1. The second kappa shape index (κ2) is 3.85. The molecule has 0 spiro atoms. The third-order valence-electron chi connectivity index (χ3n) is 1.18. The minimum Gasteiger partial charge on any atom is -0.466 e. The molecule has 0 aliphatic rings. The van der Waals surface area contributed by atoms with Crippen molar-refractivity contribution < 1.29 is 14.1 Å². The van der Waals surface area contributed by atoms with Gasteiger partial charge in [-0.3, -0.25) is 4.79 Å². The molecule has 5 nitrogen and oxygen atoms in total. The smallest absolute Gasteiger partial charge is 0.313 e. The molecule has 0 radical (unpaired) electrons. The zero-order valence-electron chi connectivity index (χ0n) is 7.03. The second-order valence-corrected chi connectivity index (χ2v) is 2.21. The molecule has 1 heterocycles. The van der Waals surface area contributed by atoms with Gasteiger partial charge in [0.25, 0.3) is 0 Å². The molecule has 0 saturated carbocycles. The topological polar surface area (TPSA) is 65.2 Å². The van der Waals surface area contributed by atoms with E-state index in [1.807, 2.05) is 0 Å². The van der Waals surface area contributed by atoms with Crippen molar-refractivity contribution in [1.29, 1.82) is 0 Å². The lowest BCUT2D eigenvalue weighted by Crippen LogP contribution is -2.08. The summed E-state index contributed by atoms with van der Waals surface area (Å²) in [6.45, 7) is 3.79. The molecule has 5 heteroatoms. The van der Waals surface area contributed by atoms with Crippen LogP contribution in [-0.4, -0.2) is 22.7 Å². The van der Waals surface area contributed by atoms with Crippen molar-refractivity contribution >= 4 is 5.97 Å². The number of rotatable bonds is 3. The summed E-state index contributed by atoms with van der Waals surface area (Å²) in [6.07, 6.45) is 0.0746. The van der Waals surface area contributed by atoms with Gasteiger partial charge in [-0.25, -0.2) is 0 Å². The molecule has 0 bridgehead atoms. The maximum atomic E-state index is 10.9. The van der Waals surface area contributed by atoms with Crippen molar-refractivity contribution in [2.45, 2.75) is 20.3 Å². The predicted octanol–water partition coefficient (Wildman–Crippen LogP) is 0.484. The first-order valence-electron chi connectivity index (χ1n) is 3.67. The number of ether oxygens (including phenoxy) is 1. The highest BCUT2D eigenvalue weighted by atomic mass is 16.5. The van der Waals surface area contributed by atoms with Crippen LogP contribution in [-0.2, 0) is 16.0 Å². The lowest BCUT2D eigenvalue weighted by atomic mass is 10.4. The van der Waals surface area contributed by atoms with Gasteiger partial charge >= 0.3 is 5.97 Å². The summed E-state index contributed by atoms with van der Waals surface area (Å²) in [4.78, 5) is 14.7. The minimum absolute atomic E-state index is 0.0746. The van der Waals surface area contributed by atoms with Gasteiger partial charge in [-0.1, -0.05) is 5.16 Å². The van der Waals surface area contributed by atoms with E-state index in [1.54, 1.807) is 13.8 Å². The molecule has 0 unspecified atom stereocenters. The Bertz CT molecular complexity index is 269. The van der Waals surface area contributed by atoms with Crippen LogP contribution in [0.1, 0.15) is 18.6 Å². The van der Waals surface area contributed by atoms with Crippen molar-refractivity contribution in [3.05, 3.63) is 11.7 Å². The van der Waals surface area contributed by atoms with Gasteiger partial charge in [-0.05, 0) is 6.92 Å². The number of aromatic nitrogens is 2. The first-order chi connectivity index (χ1) is 5.72. The number of nitrogens with zero attached hydrogens (tertiary/aromatic N) is 2. The number of aryl methyl sites for hydroxylation is 1. The van der Waals surface area contributed by atoms with Crippen LogP contribution in [0, 0.1) is 6.92 Å². The van der Waals surface area contributed by atoms with Crippen molar-refractivity contribution in [3.8, 4) is 0 Å². The fraction of sp³-hybridized carbons (Fsp3) is 0.571. The minimum atomic E-state index is -0.335. The Balaban J connectivity index is 2.46. The molecular weight excluding hydrogens is 160 g/mol. The van der Waals surface area contributed by atoms with Gasteiger partial charge in [0.05, 0.1) is 6.61 Å². The molecule has 0 aliphatic heterocycles. The summed E-state index contributed by atoms with van der Waals surface area (Å²) in [6, 6.07) is 0. The van der Waals surface area contributed by atoms with Gasteiger partial charge in [0.15, 0.2) is 5.82 Å². The van der Waals surface area contributed by atoms with E-state index < -0.39 is 0 Å². The Morgan fingerprint density at radius 3 is 2.92 bits per heavy atom. The van der Waals surface area contributed by atoms with E-state index in [0.29, 0.717) is 18.3 Å². The summed E-state index contributed by atoms with van der Waals surface area (Å²) in [5.74, 6) is 0.485. The Morgan fingerprint density at radius 1 is 1.67 bits per heavy atom. The van der Waals surface area contributed by atoms with E-state index in [9.17, 15) is 4.79 Å². The zero-order valence-corrected chi connectivity index (χ0v) is 7.03. The Morgan fingerprint density at radius 2 is 2.42 bits per heavy atom. The monoisotopic (exact) mass is 170 g/mol. The van der Waals surface area contributed by atoms with Crippen LogP contribution in [0.15, 0.2) is 4.52 Å². The van der Waals surface area contributed by atoms with Gasteiger partial charge in [-0.2, -0.15) is 4.98 Å². The predicted molar refractivity (Wildman–Crippen MR) is 39.4 cm³/mol. The van der Waals surface area contributed by atoms with E-state index in [-0.39, 0.29) is 12.4 Å². The molecule has 66 valence electrons. The van der Waals surface area contributed by atoms with E-state index in [1.165, 1.54) is 0 Å². The summed E-state index contributed by atoms with van der Waals surface area (Å²) >= 11 is 0. The Kier molecular flexibility index (Phi) is 2.79. The number of hydrogen-bond donors (Lipinski definition) is 0. The van der Waals surface area contributed by atoms with Gasteiger partial charge in [-0.15, -0.1) is 0 Å². The summed E-state index contributed by atoms with van der Waals surface area (Å²) in [5.41, 5.74) is 0. The molecule has 0 fully saturated rings. The fourth-order valence-electron chi connectivity index (χ4n) is 0.754. The molecule has 0 amide bonds. The third-order valence-corrected chi connectivity index (χ3v) is 1.18. The molecule has 0 N–H and O–H groups in total. The lowest BCUT2D eigenvalue weighted by molar-refractivity contribution is -0.142. The first-order valence-corrected chi connectivity index (χ1v) is 3.67. The van der Waals surface area contributed by atoms with Crippen LogP contribution < -0.4 is 0 Å². The maximum Gasteiger partial charge on any atom is 0.313 e. The Labute approximate surface area is 69.7 Å². The maximum absolute atomic E-state index is 10.9. The average Bonchev–Trinajstić information content (AvgIpc) is 2.36. The number of hydrogen-bond acceptors (Lipinski definition) is 5. The van der Waals surface area contributed by atoms with Crippen LogP contribution in [0.5, 0.6) is 0 Å². The van der Waals surface area contributed by atoms with Crippen molar-refractivity contribution in [2.75, 3.05) is 6.61 Å². The molecule has 0 aliphatic carbocycles. The molecule has 12 heavy (non-hydrogen) atoms. The average molecular weight is 170 g/mol. The largest absolute Gasteiger partial charge is 0.466 e. The van der Waals surface area contributed by atoms with Gasteiger partial charge in [0, 0.05) is 6.92 Å². The molecular formula is C7H10N2O3. The lowest BCUT2D eigenvalue weighted by Gasteiger charge is -1.96.